The minimum absolute atomic E-state index is 0.0377. The van der Waals surface area contributed by atoms with Crippen LogP contribution in [0.3, 0.4) is 0 Å². The summed E-state index contributed by atoms with van der Waals surface area (Å²) < 4.78 is 28.4. The van der Waals surface area contributed by atoms with Gasteiger partial charge in [-0.25, -0.2) is 8.42 Å². The number of quaternary nitrogens is 1. The number of hydrogen-bond donors (Lipinski definition) is 1. The van der Waals surface area contributed by atoms with Gasteiger partial charge >= 0.3 is 0 Å². The Morgan fingerprint density at radius 2 is 1.88 bits per heavy atom. The van der Waals surface area contributed by atoms with Crippen molar-refractivity contribution in [3.05, 3.63) is 59.7 Å². The molecule has 0 spiro atoms. The molecule has 0 aromatic heterocycles. The van der Waals surface area contributed by atoms with Crippen LogP contribution in [0.25, 0.3) is 0 Å². The van der Waals surface area contributed by atoms with Gasteiger partial charge in [0.25, 0.3) is 10.0 Å². The van der Waals surface area contributed by atoms with Gasteiger partial charge in [0.05, 0.1) is 42.7 Å². The zero-order chi connectivity index (χ0) is 16.9. The predicted molar refractivity (Wildman–Crippen MR) is 95.1 cm³/mol. The van der Waals surface area contributed by atoms with Crippen LogP contribution in [0.4, 0.5) is 5.69 Å². The van der Waals surface area contributed by atoms with Gasteiger partial charge in [-0.1, -0.05) is 35.9 Å². The third kappa shape index (κ3) is 2.34. The van der Waals surface area contributed by atoms with Crippen molar-refractivity contribution < 1.29 is 13.3 Å². The fourth-order valence-corrected chi connectivity index (χ4v) is 5.93. The molecule has 0 radical (unpaired) electrons. The van der Waals surface area contributed by atoms with E-state index in [-0.39, 0.29) is 12.0 Å². The maximum Gasteiger partial charge on any atom is 0.264 e. The average Bonchev–Trinajstić information content (AvgIpc) is 2.89. The van der Waals surface area contributed by atoms with Crippen LogP contribution < -0.4 is 9.21 Å². The SMILES string of the molecule is Cc1ccc2c(c1)[C@H]1C[NH+](C)CC[C@H]1N2S(=O)(=O)c1ccccc1. The highest BCUT2D eigenvalue weighted by Crippen LogP contribution is 2.45. The number of aryl methyl sites for hydroxylation is 1. The Hall–Kier alpha value is -1.85. The van der Waals surface area contributed by atoms with Crippen molar-refractivity contribution in [2.24, 2.45) is 0 Å². The van der Waals surface area contributed by atoms with Gasteiger partial charge in [0, 0.05) is 6.42 Å². The lowest BCUT2D eigenvalue weighted by Crippen LogP contribution is -3.11. The summed E-state index contributed by atoms with van der Waals surface area (Å²) in [6.07, 6.45) is 0.899. The standard InChI is InChI=1S/C19H22N2O2S/c1-14-8-9-18-16(12-14)17-13-20(2)11-10-19(17)21(18)24(22,23)15-6-4-3-5-7-15/h3-9,12,17,19H,10-11,13H2,1-2H3/p+1/t17-,19-/m1/s1. The van der Waals surface area contributed by atoms with E-state index in [4.69, 9.17) is 0 Å². The monoisotopic (exact) mass is 343 g/mol. The fraction of sp³-hybridized carbons (Fsp3) is 0.368. The van der Waals surface area contributed by atoms with Gasteiger partial charge in [0.1, 0.15) is 0 Å². The van der Waals surface area contributed by atoms with Crippen molar-refractivity contribution >= 4 is 15.7 Å². The average molecular weight is 343 g/mol. The van der Waals surface area contributed by atoms with Crippen LogP contribution in [-0.4, -0.2) is 34.6 Å². The number of rotatable bonds is 2. The Morgan fingerprint density at radius 3 is 2.62 bits per heavy atom. The van der Waals surface area contributed by atoms with Crippen molar-refractivity contribution in [3.8, 4) is 0 Å². The Balaban J connectivity index is 1.87. The molecule has 1 fully saturated rings. The smallest absolute Gasteiger partial charge is 0.264 e. The number of nitrogens with zero attached hydrogens (tertiary/aromatic N) is 1. The van der Waals surface area contributed by atoms with Crippen molar-refractivity contribution in [1.82, 2.24) is 0 Å². The summed E-state index contributed by atoms with van der Waals surface area (Å²) in [5.41, 5.74) is 3.25. The minimum atomic E-state index is -3.53. The van der Waals surface area contributed by atoms with E-state index < -0.39 is 10.0 Å². The molecular weight excluding hydrogens is 320 g/mol. The van der Waals surface area contributed by atoms with Gasteiger partial charge in [0.2, 0.25) is 0 Å². The first-order chi connectivity index (χ1) is 11.5. The van der Waals surface area contributed by atoms with E-state index in [2.05, 4.69) is 20.0 Å². The Bertz CT molecular complexity index is 864. The van der Waals surface area contributed by atoms with Crippen LogP contribution in [0.5, 0.6) is 0 Å². The molecule has 1 saturated heterocycles. The lowest BCUT2D eigenvalue weighted by Gasteiger charge is -2.34. The van der Waals surface area contributed by atoms with Crippen LogP contribution in [0, 0.1) is 6.92 Å². The Morgan fingerprint density at radius 1 is 1.12 bits per heavy atom. The van der Waals surface area contributed by atoms with E-state index in [9.17, 15) is 8.42 Å². The highest BCUT2D eigenvalue weighted by molar-refractivity contribution is 7.92. The van der Waals surface area contributed by atoms with Crippen LogP contribution in [0.2, 0.25) is 0 Å². The van der Waals surface area contributed by atoms with E-state index in [1.54, 1.807) is 28.6 Å². The molecule has 2 aromatic rings. The molecule has 0 saturated carbocycles. The van der Waals surface area contributed by atoms with E-state index in [0.717, 1.165) is 25.2 Å². The van der Waals surface area contributed by atoms with E-state index in [0.29, 0.717) is 4.90 Å². The quantitative estimate of drug-likeness (QED) is 0.899. The highest BCUT2D eigenvalue weighted by Gasteiger charge is 2.48. The first-order valence-corrected chi connectivity index (χ1v) is 9.94. The fourth-order valence-electron chi connectivity index (χ4n) is 4.17. The number of nitrogens with one attached hydrogen (secondary N) is 1. The molecule has 2 aliphatic heterocycles. The van der Waals surface area contributed by atoms with Gasteiger partial charge in [0.15, 0.2) is 0 Å². The summed E-state index contributed by atoms with van der Waals surface area (Å²) in [6.45, 7) is 4.07. The van der Waals surface area contributed by atoms with Crippen molar-refractivity contribution in [2.45, 2.75) is 30.2 Å². The number of likely N-dealkylation sites (tertiary alicyclic amines) is 1. The van der Waals surface area contributed by atoms with Crippen molar-refractivity contribution in [1.29, 1.82) is 0 Å². The second-order valence-electron chi connectivity index (χ2n) is 7.05. The zero-order valence-corrected chi connectivity index (χ0v) is 14.9. The lowest BCUT2D eigenvalue weighted by molar-refractivity contribution is -0.886. The van der Waals surface area contributed by atoms with Gasteiger partial charge in [-0.3, -0.25) is 4.31 Å². The maximum atomic E-state index is 13.3. The van der Waals surface area contributed by atoms with Crippen LogP contribution >= 0.6 is 0 Å². The second-order valence-corrected chi connectivity index (χ2v) is 8.86. The number of fused-ring (bicyclic) bond motifs is 3. The molecule has 0 bridgehead atoms. The molecule has 5 heteroatoms. The van der Waals surface area contributed by atoms with Crippen LogP contribution in [0.1, 0.15) is 23.5 Å². The molecule has 2 aromatic carbocycles. The molecule has 24 heavy (non-hydrogen) atoms. The molecule has 4 rings (SSSR count). The Kier molecular flexibility index (Phi) is 3.66. The van der Waals surface area contributed by atoms with Gasteiger partial charge in [-0.15, -0.1) is 0 Å². The van der Waals surface area contributed by atoms with Crippen LogP contribution in [-0.2, 0) is 10.0 Å². The third-order valence-corrected chi connectivity index (χ3v) is 7.17. The molecule has 0 aliphatic carbocycles. The van der Waals surface area contributed by atoms with Gasteiger partial charge in [-0.2, -0.15) is 0 Å². The number of benzene rings is 2. The number of anilines is 1. The molecule has 2 aliphatic rings. The molecule has 1 unspecified atom stereocenters. The number of likely N-dealkylation sites (N-methyl/N-ethyl adjacent to an activating group) is 1. The largest absolute Gasteiger partial charge is 0.337 e. The molecule has 2 heterocycles. The summed E-state index contributed by atoms with van der Waals surface area (Å²) >= 11 is 0. The summed E-state index contributed by atoms with van der Waals surface area (Å²) in [5, 5.41) is 0. The summed E-state index contributed by atoms with van der Waals surface area (Å²) in [6, 6.07) is 15.0. The minimum Gasteiger partial charge on any atom is -0.337 e. The van der Waals surface area contributed by atoms with Crippen LogP contribution in [0.15, 0.2) is 53.4 Å². The number of piperidine rings is 1. The normalized spacial score (nSPS) is 26.1. The summed E-state index contributed by atoms with van der Waals surface area (Å²) in [4.78, 5) is 1.85. The first-order valence-electron chi connectivity index (χ1n) is 8.50. The highest BCUT2D eigenvalue weighted by atomic mass is 32.2. The van der Waals surface area contributed by atoms with E-state index in [1.165, 1.54) is 16.0 Å². The number of sulfonamides is 1. The van der Waals surface area contributed by atoms with Crippen molar-refractivity contribution in [2.75, 3.05) is 24.4 Å². The summed E-state index contributed by atoms with van der Waals surface area (Å²) in [5.74, 6) is 0.284. The molecule has 4 nitrogen and oxygen atoms in total. The third-order valence-electron chi connectivity index (χ3n) is 5.32. The summed E-state index contributed by atoms with van der Waals surface area (Å²) in [7, 11) is -1.33. The number of hydrogen-bond acceptors (Lipinski definition) is 2. The molecular formula is C19H23N2O2S+. The molecule has 3 atom stereocenters. The van der Waals surface area contributed by atoms with E-state index >= 15 is 0 Å². The van der Waals surface area contributed by atoms with Crippen molar-refractivity contribution in [3.63, 3.8) is 0 Å². The predicted octanol–water partition coefficient (Wildman–Crippen LogP) is 1.57. The first kappa shape index (κ1) is 15.7. The molecule has 0 amide bonds. The zero-order valence-electron chi connectivity index (χ0n) is 14.1. The molecule has 1 N–H and O–H groups in total. The van der Waals surface area contributed by atoms with E-state index in [1.807, 2.05) is 18.2 Å². The lowest BCUT2D eigenvalue weighted by atomic mass is 9.89. The Labute approximate surface area is 143 Å². The molecule has 126 valence electrons. The van der Waals surface area contributed by atoms with Gasteiger partial charge in [-0.05, 0) is 30.7 Å². The topological polar surface area (TPSA) is 41.8 Å². The maximum absolute atomic E-state index is 13.3. The van der Waals surface area contributed by atoms with Gasteiger partial charge < -0.3 is 4.90 Å². The second kappa shape index (κ2) is 5.60.